The monoisotopic (exact) mass is 368 g/mol. The maximum absolute atomic E-state index is 12.9. The van der Waals surface area contributed by atoms with Gasteiger partial charge in [0.1, 0.15) is 0 Å². The molecule has 1 aliphatic rings. The summed E-state index contributed by atoms with van der Waals surface area (Å²) < 4.78 is 32.2. The minimum atomic E-state index is -3.54. The minimum Gasteiger partial charge on any atom is -0.450 e. The lowest BCUT2D eigenvalue weighted by molar-refractivity contribution is 0.109. The van der Waals surface area contributed by atoms with Gasteiger partial charge < -0.3 is 9.64 Å². The van der Waals surface area contributed by atoms with E-state index in [0.717, 1.165) is 12.0 Å². The maximum atomic E-state index is 12.9. The van der Waals surface area contributed by atoms with Crippen LogP contribution in [0, 0.1) is 5.92 Å². The Hall–Kier alpha value is -1.60. The molecule has 0 radical (unpaired) electrons. The molecule has 0 spiro atoms. The molecule has 6 nitrogen and oxygen atoms in total. The van der Waals surface area contributed by atoms with Gasteiger partial charge in [0.05, 0.1) is 11.5 Å². The standard InChI is InChI=1S/C18H28N2O4S/c1-4-24-18(21)19-10-5-11-20(13-12-19)25(22,23)17-8-6-16(7-9-17)14-15(2)3/h6-9,15H,4-5,10-14H2,1-3H3. The molecule has 1 aliphatic heterocycles. The van der Waals surface area contributed by atoms with Gasteiger partial charge in [-0.15, -0.1) is 0 Å². The highest BCUT2D eigenvalue weighted by atomic mass is 32.2. The molecule has 7 heteroatoms. The van der Waals surface area contributed by atoms with Crippen LogP contribution in [-0.4, -0.2) is 56.5 Å². The van der Waals surface area contributed by atoms with Crippen LogP contribution in [0.3, 0.4) is 0 Å². The molecular formula is C18H28N2O4S. The zero-order valence-corrected chi connectivity index (χ0v) is 16.1. The number of carbonyl (C=O) groups excluding carboxylic acids is 1. The van der Waals surface area contributed by atoms with Crippen molar-refractivity contribution in [1.82, 2.24) is 9.21 Å². The molecule has 0 unspecified atom stereocenters. The predicted octanol–water partition coefficient (Wildman–Crippen LogP) is 2.74. The maximum Gasteiger partial charge on any atom is 0.409 e. The van der Waals surface area contributed by atoms with E-state index in [4.69, 9.17) is 4.74 Å². The third-order valence-electron chi connectivity index (χ3n) is 4.19. The van der Waals surface area contributed by atoms with Crippen LogP contribution >= 0.6 is 0 Å². The van der Waals surface area contributed by atoms with Gasteiger partial charge >= 0.3 is 6.09 Å². The van der Waals surface area contributed by atoms with E-state index in [1.807, 2.05) is 12.1 Å². The fourth-order valence-electron chi connectivity index (χ4n) is 2.95. The summed E-state index contributed by atoms with van der Waals surface area (Å²) in [6.45, 7) is 7.91. The van der Waals surface area contributed by atoms with Crippen molar-refractivity contribution in [2.45, 2.75) is 38.5 Å². The van der Waals surface area contributed by atoms with Crippen molar-refractivity contribution in [3.8, 4) is 0 Å². The van der Waals surface area contributed by atoms with E-state index in [9.17, 15) is 13.2 Å². The highest BCUT2D eigenvalue weighted by Gasteiger charge is 2.28. The van der Waals surface area contributed by atoms with Crippen LogP contribution in [0.4, 0.5) is 4.79 Å². The quantitative estimate of drug-likeness (QED) is 0.801. The first-order valence-corrected chi connectivity index (χ1v) is 10.3. The summed E-state index contributed by atoms with van der Waals surface area (Å²) in [4.78, 5) is 13.7. The Morgan fingerprint density at radius 2 is 1.80 bits per heavy atom. The summed E-state index contributed by atoms with van der Waals surface area (Å²) in [5, 5.41) is 0. The highest BCUT2D eigenvalue weighted by Crippen LogP contribution is 2.19. The number of benzene rings is 1. The second-order valence-corrected chi connectivity index (χ2v) is 8.62. The van der Waals surface area contributed by atoms with Crippen molar-refractivity contribution < 1.29 is 17.9 Å². The zero-order chi connectivity index (χ0) is 18.4. The van der Waals surface area contributed by atoms with Gasteiger partial charge in [-0.2, -0.15) is 4.31 Å². The number of rotatable bonds is 5. The molecule has 0 N–H and O–H groups in total. The second kappa shape index (κ2) is 8.67. The number of carbonyl (C=O) groups is 1. The molecule has 25 heavy (non-hydrogen) atoms. The minimum absolute atomic E-state index is 0.287. The van der Waals surface area contributed by atoms with E-state index in [-0.39, 0.29) is 12.6 Å². The largest absolute Gasteiger partial charge is 0.450 e. The van der Waals surface area contributed by atoms with E-state index >= 15 is 0 Å². The summed E-state index contributed by atoms with van der Waals surface area (Å²) in [6.07, 6.45) is 1.15. The summed E-state index contributed by atoms with van der Waals surface area (Å²) >= 11 is 0. The topological polar surface area (TPSA) is 66.9 Å². The van der Waals surface area contributed by atoms with Crippen molar-refractivity contribution in [3.05, 3.63) is 29.8 Å². The highest BCUT2D eigenvalue weighted by molar-refractivity contribution is 7.89. The van der Waals surface area contributed by atoms with Gasteiger partial charge in [-0.05, 0) is 43.4 Å². The van der Waals surface area contributed by atoms with Crippen LogP contribution in [0.5, 0.6) is 0 Å². The lowest BCUT2D eigenvalue weighted by Gasteiger charge is -2.21. The Morgan fingerprint density at radius 1 is 1.12 bits per heavy atom. The lowest BCUT2D eigenvalue weighted by Crippen LogP contribution is -2.37. The van der Waals surface area contributed by atoms with E-state index < -0.39 is 10.0 Å². The van der Waals surface area contributed by atoms with Crippen LogP contribution in [0.15, 0.2) is 29.2 Å². The van der Waals surface area contributed by atoms with Gasteiger partial charge in [0, 0.05) is 26.2 Å². The van der Waals surface area contributed by atoms with Crippen LogP contribution < -0.4 is 0 Å². The van der Waals surface area contributed by atoms with Crippen LogP contribution in [-0.2, 0) is 21.2 Å². The number of sulfonamides is 1. The first kappa shape index (κ1) is 19.7. The summed E-state index contributed by atoms with van der Waals surface area (Å²) in [7, 11) is -3.54. The van der Waals surface area contributed by atoms with Gasteiger partial charge in [-0.25, -0.2) is 13.2 Å². The number of nitrogens with zero attached hydrogens (tertiary/aromatic N) is 2. The van der Waals surface area contributed by atoms with Crippen molar-refractivity contribution >= 4 is 16.1 Å². The van der Waals surface area contributed by atoms with E-state index in [1.54, 1.807) is 24.0 Å². The SMILES string of the molecule is CCOC(=O)N1CCCN(S(=O)(=O)c2ccc(CC(C)C)cc2)CC1. The molecule has 0 bridgehead atoms. The van der Waals surface area contributed by atoms with Crippen molar-refractivity contribution in [3.63, 3.8) is 0 Å². The van der Waals surface area contributed by atoms with Gasteiger partial charge in [0.25, 0.3) is 0 Å². The Balaban J connectivity index is 2.07. The molecule has 2 rings (SSSR count). The number of hydrogen-bond donors (Lipinski definition) is 0. The molecule has 0 atom stereocenters. The molecule has 1 fully saturated rings. The average molecular weight is 368 g/mol. The molecule has 1 aromatic rings. The molecular weight excluding hydrogens is 340 g/mol. The van der Waals surface area contributed by atoms with Gasteiger partial charge in [-0.1, -0.05) is 26.0 Å². The summed E-state index contributed by atoms with van der Waals surface area (Å²) in [5.41, 5.74) is 1.14. The molecule has 0 saturated carbocycles. The first-order valence-electron chi connectivity index (χ1n) is 8.85. The van der Waals surface area contributed by atoms with Crippen molar-refractivity contribution in [2.75, 3.05) is 32.8 Å². The smallest absolute Gasteiger partial charge is 0.409 e. The summed E-state index contributed by atoms with van der Waals surface area (Å²) in [6, 6.07) is 7.13. The first-order chi connectivity index (χ1) is 11.8. The lowest BCUT2D eigenvalue weighted by atomic mass is 10.0. The van der Waals surface area contributed by atoms with Gasteiger partial charge in [0.2, 0.25) is 10.0 Å². The van der Waals surface area contributed by atoms with Gasteiger partial charge in [0.15, 0.2) is 0 Å². The molecule has 0 aromatic heterocycles. The number of hydrogen-bond acceptors (Lipinski definition) is 4. The third-order valence-corrected chi connectivity index (χ3v) is 6.10. The Bertz CT molecular complexity index is 671. The summed E-state index contributed by atoms with van der Waals surface area (Å²) in [5.74, 6) is 0.530. The second-order valence-electron chi connectivity index (χ2n) is 6.69. The average Bonchev–Trinajstić information content (AvgIpc) is 2.81. The number of amides is 1. The van der Waals surface area contributed by atoms with E-state index in [2.05, 4.69) is 13.8 Å². The molecule has 1 amide bonds. The fourth-order valence-corrected chi connectivity index (χ4v) is 4.42. The third kappa shape index (κ3) is 5.19. The van der Waals surface area contributed by atoms with Crippen LogP contribution in [0.1, 0.15) is 32.8 Å². The normalized spacial score (nSPS) is 16.7. The molecule has 1 heterocycles. The Kier molecular flexibility index (Phi) is 6.84. The number of ether oxygens (including phenoxy) is 1. The molecule has 140 valence electrons. The van der Waals surface area contributed by atoms with E-state index in [0.29, 0.717) is 43.5 Å². The molecule has 0 aliphatic carbocycles. The van der Waals surface area contributed by atoms with Crippen LogP contribution in [0.2, 0.25) is 0 Å². The van der Waals surface area contributed by atoms with E-state index in [1.165, 1.54) is 4.31 Å². The Labute approximate surface area is 150 Å². The Morgan fingerprint density at radius 3 is 2.40 bits per heavy atom. The van der Waals surface area contributed by atoms with Crippen molar-refractivity contribution in [1.29, 1.82) is 0 Å². The van der Waals surface area contributed by atoms with Crippen LogP contribution in [0.25, 0.3) is 0 Å². The van der Waals surface area contributed by atoms with Crippen molar-refractivity contribution in [2.24, 2.45) is 5.92 Å². The predicted molar refractivity (Wildman–Crippen MR) is 97.0 cm³/mol. The zero-order valence-electron chi connectivity index (χ0n) is 15.3. The van der Waals surface area contributed by atoms with Gasteiger partial charge in [-0.3, -0.25) is 0 Å². The fraction of sp³-hybridized carbons (Fsp3) is 0.611. The molecule has 1 saturated heterocycles. The molecule has 1 aromatic carbocycles.